The van der Waals surface area contributed by atoms with E-state index >= 15 is 0 Å². The quantitative estimate of drug-likeness (QED) is 0.267. The number of piperidine rings is 1. The third-order valence-electron chi connectivity index (χ3n) is 12.0. The molecule has 260 valence electrons. The van der Waals surface area contributed by atoms with Gasteiger partial charge < -0.3 is 24.4 Å². The average Bonchev–Trinajstić information content (AvgIpc) is 3.09. The van der Waals surface area contributed by atoms with Gasteiger partial charge in [-0.15, -0.1) is 0 Å². The smallest absolute Gasteiger partial charge is 0.253 e. The van der Waals surface area contributed by atoms with E-state index in [9.17, 15) is 10.1 Å². The minimum absolute atomic E-state index is 0.142. The Morgan fingerprint density at radius 1 is 1.12 bits per heavy atom. The molecule has 2 saturated carbocycles. The van der Waals surface area contributed by atoms with E-state index in [-0.39, 0.29) is 29.8 Å². The summed E-state index contributed by atoms with van der Waals surface area (Å²) in [4.78, 5) is 28.0. The second-order valence-electron chi connectivity index (χ2n) is 15.6. The molecule has 3 unspecified atom stereocenters. The molecule has 10 nitrogen and oxygen atoms in total. The van der Waals surface area contributed by atoms with E-state index in [1.54, 1.807) is 25.6 Å². The van der Waals surface area contributed by atoms with Crippen molar-refractivity contribution >= 4 is 22.6 Å². The normalized spacial score (nSPS) is 27.9. The molecule has 3 aromatic rings. The zero-order chi connectivity index (χ0) is 34.7. The molecule has 1 amide bonds. The molecule has 7 rings (SSSR count). The van der Waals surface area contributed by atoms with E-state index in [4.69, 9.17) is 19.2 Å². The van der Waals surface area contributed by atoms with Crippen LogP contribution in [0.25, 0.3) is 10.9 Å². The molecule has 0 spiro atoms. The first-order valence-corrected chi connectivity index (χ1v) is 17.9. The van der Waals surface area contributed by atoms with Gasteiger partial charge in [0.2, 0.25) is 0 Å². The SMILES string of the molecule is COC(C)OC1CC(N(CC2CCN(c3ccc(C(=O)NC4C(C)(C)[C@@H]5Oc6ccc(C#N)c7nccc(c67)C45C)cn3)CC2)C(C)C)C1. The van der Waals surface area contributed by atoms with Crippen molar-refractivity contribution in [1.29, 1.82) is 5.26 Å². The number of fused-ring (bicyclic) bond motifs is 2. The van der Waals surface area contributed by atoms with Gasteiger partial charge in [-0.1, -0.05) is 13.8 Å². The first kappa shape index (κ1) is 33.7. The summed E-state index contributed by atoms with van der Waals surface area (Å²) < 4.78 is 17.8. The first-order valence-electron chi connectivity index (χ1n) is 17.9. The molecule has 1 saturated heterocycles. The molecule has 3 fully saturated rings. The lowest BCUT2D eigenvalue weighted by molar-refractivity contribution is -0.178. The summed E-state index contributed by atoms with van der Waals surface area (Å²) in [5.41, 5.74) is 1.95. The van der Waals surface area contributed by atoms with Crippen molar-refractivity contribution in [3.05, 3.63) is 59.4 Å². The number of anilines is 1. The molecular formula is C39H50N6O4. The molecule has 2 aliphatic carbocycles. The van der Waals surface area contributed by atoms with Gasteiger partial charge in [0.25, 0.3) is 5.91 Å². The summed E-state index contributed by atoms with van der Waals surface area (Å²) in [5.74, 6) is 2.17. The summed E-state index contributed by atoms with van der Waals surface area (Å²) in [6, 6.07) is 12.7. The van der Waals surface area contributed by atoms with Gasteiger partial charge in [0.05, 0.1) is 34.2 Å². The number of methoxy groups -OCH3 is 1. The lowest BCUT2D eigenvalue weighted by atomic mass is 9.45. The fourth-order valence-corrected chi connectivity index (χ4v) is 9.25. The van der Waals surface area contributed by atoms with Crippen LogP contribution in [0.1, 0.15) is 88.7 Å². The molecule has 4 aliphatic rings. The highest BCUT2D eigenvalue weighted by Crippen LogP contribution is 2.61. The highest BCUT2D eigenvalue weighted by atomic mass is 16.7. The van der Waals surface area contributed by atoms with Crippen LogP contribution < -0.4 is 15.0 Å². The number of benzene rings is 1. The number of aromatic nitrogens is 2. The number of carbonyl (C=O) groups excluding carboxylic acids is 1. The molecule has 0 bridgehead atoms. The van der Waals surface area contributed by atoms with Crippen molar-refractivity contribution in [3.8, 4) is 11.8 Å². The maximum absolute atomic E-state index is 13.7. The van der Waals surface area contributed by atoms with Crippen molar-refractivity contribution in [1.82, 2.24) is 20.2 Å². The average molecular weight is 667 g/mol. The summed E-state index contributed by atoms with van der Waals surface area (Å²) >= 11 is 0. The Labute approximate surface area is 290 Å². The number of ether oxygens (including phenoxy) is 3. The van der Waals surface area contributed by atoms with Crippen LogP contribution in [-0.2, 0) is 14.9 Å². The molecule has 4 atom stereocenters. The Morgan fingerprint density at radius 3 is 2.53 bits per heavy atom. The summed E-state index contributed by atoms with van der Waals surface area (Å²) in [7, 11) is 1.69. The molecule has 4 heterocycles. The van der Waals surface area contributed by atoms with Crippen LogP contribution in [-0.4, -0.2) is 84.1 Å². The van der Waals surface area contributed by atoms with E-state index < -0.39 is 5.41 Å². The second kappa shape index (κ2) is 12.8. The Hall–Kier alpha value is -3.78. The van der Waals surface area contributed by atoms with Crippen molar-refractivity contribution in [3.63, 3.8) is 0 Å². The summed E-state index contributed by atoms with van der Waals surface area (Å²) in [6.07, 6.45) is 7.87. The standard InChI is InChI=1S/C39H50N6O4/c1-23(2)45(28-18-29(19-28)48-24(3)47-7)22-25-13-16-44(17-14-25)32-11-9-27(21-42-32)35(46)43-36-38(4,5)37-39(36,6)30-12-15-41-34-26(20-40)8-10-31(49-37)33(30)34/h8-12,15,21,23-25,28-29,36-37H,13-14,16-19,22H2,1-7H3,(H,43,46)/t24?,28?,29?,36?,37-,39?/m0/s1. The lowest BCUT2D eigenvalue weighted by Crippen LogP contribution is -2.78. The fourth-order valence-electron chi connectivity index (χ4n) is 9.25. The minimum Gasteiger partial charge on any atom is -0.488 e. The van der Waals surface area contributed by atoms with Crippen LogP contribution in [0.5, 0.6) is 5.75 Å². The third-order valence-corrected chi connectivity index (χ3v) is 12.0. The molecule has 1 aromatic carbocycles. The maximum Gasteiger partial charge on any atom is 0.253 e. The van der Waals surface area contributed by atoms with Crippen LogP contribution in [0.2, 0.25) is 0 Å². The number of nitriles is 1. The number of pyridine rings is 2. The third kappa shape index (κ3) is 5.74. The van der Waals surface area contributed by atoms with Gasteiger partial charge in [-0.05, 0) is 95.2 Å². The number of rotatable bonds is 10. The van der Waals surface area contributed by atoms with Crippen LogP contribution in [0.3, 0.4) is 0 Å². The van der Waals surface area contributed by atoms with Crippen molar-refractivity contribution in [2.45, 2.75) is 109 Å². The van der Waals surface area contributed by atoms with E-state index in [0.29, 0.717) is 40.7 Å². The van der Waals surface area contributed by atoms with E-state index in [0.717, 1.165) is 67.8 Å². The van der Waals surface area contributed by atoms with Gasteiger partial charge in [-0.2, -0.15) is 5.26 Å². The largest absolute Gasteiger partial charge is 0.488 e. The van der Waals surface area contributed by atoms with Crippen molar-refractivity contribution < 1.29 is 19.0 Å². The topological polar surface area (TPSA) is 113 Å². The van der Waals surface area contributed by atoms with Crippen LogP contribution >= 0.6 is 0 Å². The van der Waals surface area contributed by atoms with Gasteiger partial charge in [0, 0.05) is 62.0 Å². The molecule has 10 heteroatoms. The van der Waals surface area contributed by atoms with Crippen molar-refractivity contribution in [2.24, 2.45) is 11.3 Å². The lowest BCUT2D eigenvalue weighted by Gasteiger charge is -2.66. The van der Waals surface area contributed by atoms with Gasteiger partial charge in [-0.25, -0.2) is 4.98 Å². The highest BCUT2D eigenvalue weighted by Gasteiger charge is 2.69. The van der Waals surface area contributed by atoms with Crippen molar-refractivity contribution in [2.75, 3.05) is 31.6 Å². The van der Waals surface area contributed by atoms with Crippen LogP contribution in [0.4, 0.5) is 5.82 Å². The summed E-state index contributed by atoms with van der Waals surface area (Å²) in [6.45, 7) is 16.0. The molecule has 2 aliphatic heterocycles. The molecule has 49 heavy (non-hydrogen) atoms. The van der Waals surface area contributed by atoms with Gasteiger partial charge >= 0.3 is 0 Å². The number of nitrogens with zero attached hydrogens (tertiary/aromatic N) is 5. The van der Waals surface area contributed by atoms with E-state index in [2.05, 4.69) is 60.8 Å². The highest BCUT2D eigenvalue weighted by molar-refractivity contribution is 5.96. The molecular weight excluding hydrogens is 616 g/mol. The predicted molar refractivity (Wildman–Crippen MR) is 189 cm³/mol. The Kier molecular flexibility index (Phi) is 8.83. The number of carbonyl (C=O) groups is 1. The Balaban J connectivity index is 0.973. The zero-order valence-electron chi connectivity index (χ0n) is 29.9. The first-order chi connectivity index (χ1) is 23.4. The Morgan fingerprint density at radius 2 is 1.88 bits per heavy atom. The second-order valence-corrected chi connectivity index (χ2v) is 15.6. The van der Waals surface area contributed by atoms with Gasteiger partial charge in [-0.3, -0.25) is 14.7 Å². The maximum atomic E-state index is 13.7. The van der Waals surface area contributed by atoms with Crippen LogP contribution in [0.15, 0.2) is 42.7 Å². The molecule has 0 radical (unpaired) electrons. The van der Waals surface area contributed by atoms with Crippen LogP contribution in [0, 0.1) is 22.7 Å². The number of hydrogen-bond acceptors (Lipinski definition) is 9. The monoisotopic (exact) mass is 666 g/mol. The van der Waals surface area contributed by atoms with Gasteiger partial charge in [0.15, 0.2) is 6.29 Å². The fraction of sp³-hybridized carbons (Fsp3) is 0.590. The Bertz CT molecular complexity index is 1740. The minimum atomic E-state index is -0.485. The van der Waals surface area contributed by atoms with E-state index in [1.807, 2.05) is 31.2 Å². The molecule has 1 N–H and O–H groups in total. The van der Waals surface area contributed by atoms with E-state index in [1.165, 1.54) is 0 Å². The number of amides is 1. The zero-order valence-corrected chi connectivity index (χ0v) is 29.9. The number of nitrogens with one attached hydrogen (secondary N) is 1. The number of hydrogen-bond donors (Lipinski definition) is 1. The summed E-state index contributed by atoms with van der Waals surface area (Å²) in [5, 5.41) is 13.9. The predicted octanol–water partition coefficient (Wildman–Crippen LogP) is 5.83. The molecule has 2 aromatic heterocycles. The van der Waals surface area contributed by atoms with Gasteiger partial charge in [0.1, 0.15) is 23.7 Å².